The van der Waals surface area contributed by atoms with Gasteiger partial charge in [-0.3, -0.25) is 0 Å². The van der Waals surface area contributed by atoms with Crippen molar-refractivity contribution in [3.8, 4) is 0 Å². The number of anilines is 1. The van der Waals surface area contributed by atoms with E-state index in [1.807, 2.05) is 19.9 Å². The van der Waals surface area contributed by atoms with Crippen LogP contribution in [0.2, 0.25) is 0 Å². The zero-order valence-corrected chi connectivity index (χ0v) is 18.7. The first-order chi connectivity index (χ1) is 13.3. The van der Waals surface area contributed by atoms with Gasteiger partial charge in [-0.25, -0.2) is 4.39 Å². The average molecular weight is 401 g/mol. The predicted molar refractivity (Wildman–Crippen MR) is 123 cm³/mol. The quantitative estimate of drug-likeness (QED) is 0.567. The van der Waals surface area contributed by atoms with Gasteiger partial charge in [-0.05, 0) is 46.6 Å². The van der Waals surface area contributed by atoms with Crippen LogP contribution in [0.25, 0.3) is 0 Å². The topological polar surface area (TPSA) is 24.1 Å². The number of nitrogens with one attached hydrogen (secondary N) is 2. The Morgan fingerprint density at radius 2 is 1.75 bits per heavy atom. The summed E-state index contributed by atoms with van der Waals surface area (Å²) in [4.78, 5) is 0.882. The number of rotatable bonds is 5. The van der Waals surface area contributed by atoms with E-state index in [-0.39, 0.29) is 11.2 Å². The third kappa shape index (κ3) is 5.54. The van der Waals surface area contributed by atoms with Crippen LogP contribution in [0.4, 0.5) is 10.1 Å². The molecule has 0 amide bonds. The highest BCUT2D eigenvalue weighted by Crippen LogP contribution is 2.48. The van der Waals surface area contributed by atoms with Crippen LogP contribution in [0.3, 0.4) is 0 Å². The lowest BCUT2D eigenvalue weighted by Gasteiger charge is -2.19. The number of hydrogen-bond acceptors (Lipinski definition) is 2. The Labute approximate surface area is 174 Å². The molecule has 152 valence electrons. The Morgan fingerprint density at radius 3 is 2.29 bits per heavy atom. The normalized spacial score (nSPS) is 18.0. The summed E-state index contributed by atoms with van der Waals surface area (Å²) in [7, 11) is 1.72. The maximum atomic E-state index is 13.8. The molecule has 2 aromatic rings. The molecule has 1 fully saturated rings. The van der Waals surface area contributed by atoms with Gasteiger partial charge in [0.05, 0.1) is 10.7 Å². The molecule has 4 heteroatoms. The maximum Gasteiger partial charge on any atom is 0.146 e. The number of halogens is 1. The molecule has 0 bridgehead atoms. The molecule has 2 nitrogen and oxygen atoms in total. The van der Waals surface area contributed by atoms with Crippen molar-refractivity contribution >= 4 is 22.9 Å². The average Bonchev–Trinajstić information content (AvgIpc) is 3.48. The van der Waals surface area contributed by atoms with Crippen molar-refractivity contribution in [2.24, 2.45) is 5.92 Å². The van der Waals surface area contributed by atoms with Gasteiger partial charge in [0.2, 0.25) is 0 Å². The van der Waals surface area contributed by atoms with Gasteiger partial charge >= 0.3 is 0 Å². The second-order valence-corrected chi connectivity index (χ2v) is 8.54. The highest BCUT2D eigenvalue weighted by molar-refractivity contribution is 7.80. The van der Waals surface area contributed by atoms with Gasteiger partial charge in [0.25, 0.3) is 0 Å². The van der Waals surface area contributed by atoms with E-state index in [9.17, 15) is 4.39 Å². The van der Waals surface area contributed by atoms with Crippen LogP contribution in [0, 0.1) is 11.7 Å². The van der Waals surface area contributed by atoms with Gasteiger partial charge in [0.15, 0.2) is 0 Å². The fourth-order valence-electron chi connectivity index (χ4n) is 3.28. The summed E-state index contributed by atoms with van der Waals surface area (Å²) < 4.78 is 13.8. The van der Waals surface area contributed by atoms with Gasteiger partial charge in [-0.1, -0.05) is 77.2 Å². The molecule has 1 aliphatic rings. The second-order valence-electron chi connectivity index (χ2n) is 8.10. The predicted octanol–water partition coefficient (Wildman–Crippen LogP) is 6.41. The Hall–Kier alpha value is -1.94. The van der Waals surface area contributed by atoms with Crippen molar-refractivity contribution in [1.82, 2.24) is 5.32 Å². The van der Waals surface area contributed by atoms with Crippen molar-refractivity contribution < 1.29 is 4.39 Å². The van der Waals surface area contributed by atoms with Crippen molar-refractivity contribution in [2.75, 3.05) is 12.4 Å². The Kier molecular flexibility index (Phi) is 7.59. The van der Waals surface area contributed by atoms with Crippen molar-refractivity contribution in [3.63, 3.8) is 0 Å². The van der Waals surface area contributed by atoms with Crippen LogP contribution < -0.4 is 10.6 Å². The summed E-state index contributed by atoms with van der Waals surface area (Å²) in [5.41, 5.74) is 4.30. The molecule has 0 spiro atoms. The first kappa shape index (κ1) is 22.4. The third-order valence-corrected chi connectivity index (χ3v) is 5.55. The molecule has 1 aliphatic carbocycles. The second kappa shape index (κ2) is 9.51. The van der Waals surface area contributed by atoms with E-state index in [0.29, 0.717) is 24.1 Å². The van der Waals surface area contributed by atoms with E-state index in [0.717, 1.165) is 17.0 Å². The SMILES string of the molecule is CC.CNc1ccc(CNC(=S)C2CC2c2ccc(C(C)(C)C)cc2)cc1F. The zero-order chi connectivity index (χ0) is 20.9. The minimum atomic E-state index is -0.235. The standard InChI is InChI=1S/C22H27FN2S.C2H6/c1-22(2,3)16-8-6-15(7-9-16)17-12-18(17)21(26)25-13-14-5-10-20(24-4)19(23)11-14;1-2/h5-11,17-18,24H,12-13H2,1-4H3,(H,25,26);1-2H3. The summed E-state index contributed by atoms with van der Waals surface area (Å²) in [5.74, 6) is 0.667. The molecule has 1 saturated carbocycles. The molecule has 0 saturated heterocycles. The largest absolute Gasteiger partial charge is 0.386 e. The van der Waals surface area contributed by atoms with Crippen LogP contribution in [-0.2, 0) is 12.0 Å². The molecular formula is C24H33FN2S. The van der Waals surface area contributed by atoms with E-state index in [2.05, 4.69) is 55.7 Å². The summed E-state index contributed by atoms with van der Waals surface area (Å²) in [6, 6.07) is 14.2. The monoisotopic (exact) mass is 400 g/mol. The number of benzene rings is 2. The van der Waals surface area contributed by atoms with E-state index >= 15 is 0 Å². The molecule has 2 aromatic carbocycles. The Balaban J connectivity index is 0.00000136. The van der Waals surface area contributed by atoms with E-state index in [1.54, 1.807) is 19.2 Å². The van der Waals surface area contributed by atoms with Gasteiger partial charge in [0.1, 0.15) is 5.82 Å². The molecule has 3 rings (SSSR count). The minimum Gasteiger partial charge on any atom is -0.386 e. The maximum absolute atomic E-state index is 13.8. The van der Waals surface area contributed by atoms with Gasteiger partial charge in [-0.2, -0.15) is 0 Å². The summed E-state index contributed by atoms with van der Waals surface area (Å²) in [5, 5.41) is 6.14. The molecule has 2 atom stereocenters. The highest BCUT2D eigenvalue weighted by atomic mass is 32.1. The minimum absolute atomic E-state index is 0.177. The zero-order valence-electron chi connectivity index (χ0n) is 17.9. The number of hydrogen-bond donors (Lipinski definition) is 2. The molecule has 0 aromatic heterocycles. The fourth-order valence-corrected chi connectivity index (χ4v) is 3.61. The molecule has 2 unspecified atom stereocenters. The van der Waals surface area contributed by atoms with E-state index in [1.165, 1.54) is 11.1 Å². The number of thiocarbonyl (C=S) groups is 1. The summed E-state index contributed by atoms with van der Waals surface area (Å²) in [6.07, 6.45) is 1.09. The van der Waals surface area contributed by atoms with Crippen LogP contribution in [0.15, 0.2) is 42.5 Å². The molecule has 0 heterocycles. The molecule has 0 radical (unpaired) electrons. The van der Waals surface area contributed by atoms with E-state index < -0.39 is 0 Å². The first-order valence-corrected chi connectivity index (χ1v) is 10.5. The molecule has 0 aliphatic heterocycles. The highest BCUT2D eigenvalue weighted by Gasteiger charge is 2.41. The molecule has 2 N–H and O–H groups in total. The molecular weight excluding hydrogens is 367 g/mol. The van der Waals surface area contributed by atoms with Gasteiger partial charge < -0.3 is 10.6 Å². The van der Waals surface area contributed by atoms with Crippen LogP contribution in [-0.4, -0.2) is 12.0 Å². The van der Waals surface area contributed by atoms with Crippen molar-refractivity contribution in [3.05, 3.63) is 65.0 Å². The van der Waals surface area contributed by atoms with Crippen LogP contribution in [0.5, 0.6) is 0 Å². The van der Waals surface area contributed by atoms with E-state index in [4.69, 9.17) is 12.2 Å². The van der Waals surface area contributed by atoms with Crippen molar-refractivity contribution in [2.45, 2.75) is 58.9 Å². The van der Waals surface area contributed by atoms with Crippen molar-refractivity contribution in [1.29, 1.82) is 0 Å². The third-order valence-electron chi connectivity index (χ3n) is 5.10. The van der Waals surface area contributed by atoms with Crippen LogP contribution >= 0.6 is 12.2 Å². The van der Waals surface area contributed by atoms with Crippen LogP contribution in [0.1, 0.15) is 63.6 Å². The lowest BCUT2D eigenvalue weighted by Crippen LogP contribution is -2.23. The summed E-state index contributed by atoms with van der Waals surface area (Å²) >= 11 is 5.57. The molecule has 28 heavy (non-hydrogen) atoms. The first-order valence-electron chi connectivity index (χ1n) is 10.1. The fraction of sp³-hybridized carbons (Fsp3) is 0.458. The Morgan fingerprint density at radius 1 is 1.11 bits per heavy atom. The lowest BCUT2D eigenvalue weighted by atomic mass is 9.86. The lowest BCUT2D eigenvalue weighted by molar-refractivity contribution is 0.590. The van der Waals surface area contributed by atoms with Gasteiger partial charge in [0, 0.05) is 19.5 Å². The Bertz CT molecular complexity index is 793. The smallest absolute Gasteiger partial charge is 0.146 e. The van der Waals surface area contributed by atoms with Gasteiger partial charge in [-0.15, -0.1) is 0 Å². The summed E-state index contributed by atoms with van der Waals surface area (Å²) in [6.45, 7) is 11.2.